The summed E-state index contributed by atoms with van der Waals surface area (Å²) >= 11 is 0. The SMILES string of the molecule is NC(CC(=O)O)Cc1cccc(F)c1. The standard InChI is InChI=1S/C10H12FNO2/c11-8-3-1-2-7(4-8)5-9(12)6-10(13)14/h1-4,9H,5-6,12H2,(H,13,14). The fourth-order valence-corrected chi connectivity index (χ4v) is 1.26. The summed E-state index contributed by atoms with van der Waals surface area (Å²) in [4.78, 5) is 10.3. The van der Waals surface area contributed by atoms with Crippen molar-refractivity contribution in [3.63, 3.8) is 0 Å². The number of rotatable bonds is 4. The molecule has 14 heavy (non-hydrogen) atoms. The maximum absolute atomic E-state index is 12.7. The first-order valence-corrected chi connectivity index (χ1v) is 4.30. The van der Waals surface area contributed by atoms with Gasteiger partial charge in [-0.05, 0) is 24.1 Å². The second-order valence-corrected chi connectivity index (χ2v) is 3.19. The van der Waals surface area contributed by atoms with E-state index in [0.717, 1.165) is 5.56 Å². The monoisotopic (exact) mass is 197 g/mol. The highest BCUT2D eigenvalue weighted by Crippen LogP contribution is 2.06. The number of benzene rings is 1. The number of carboxylic acids is 1. The van der Waals surface area contributed by atoms with E-state index in [9.17, 15) is 9.18 Å². The zero-order valence-electron chi connectivity index (χ0n) is 7.61. The van der Waals surface area contributed by atoms with E-state index in [1.165, 1.54) is 12.1 Å². The van der Waals surface area contributed by atoms with Crippen LogP contribution in [0.1, 0.15) is 12.0 Å². The summed E-state index contributed by atoms with van der Waals surface area (Å²) in [6.45, 7) is 0. The highest BCUT2D eigenvalue weighted by molar-refractivity contribution is 5.67. The minimum atomic E-state index is -0.936. The number of nitrogens with two attached hydrogens (primary N) is 1. The van der Waals surface area contributed by atoms with E-state index in [-0.39, 0.29) is 12.2 Å². The third-order valence-corrected chi connectivity index (χ3v) is 1.82. The minimum absolute atomic E-state index is 0.101. The molecule has 0 bridgehead atoms. The van der Waals surface area contributed by atoms with Gasteiger partial charge in [-0.15, -0.1) is 0 Å². The summed E-state index contributed by atoms with van der Waals surface area (Å²) in [5.41, 5.74) is 6.27. The molecule has 0 saturated heterocycles. The van der Waals surface area contributed by atoms with E-state index in [4.69, 9.17) is 10.8 Å². The van der Waals surface area contributed by atoms with Crippen LogP contribution in [0, 0.1) is 5.82 Å². The summed E-state index contributed by atoms with van der Waals surface area (Å²) in [6, 6.07) is 5.55. The van der Waals surface area contributed by atoms with E-state index < -0.39 is 12.0 Å². The highest BCUT2D eigenvalue weighted by Gasteiger charge is 2.08. The lowest BCUT2D eigenvalue weighted by atomic mass is 10.0. The third kappa shape index (κ3) is 3.53. The molecule has 1 aromatic rings. The zero-order valence-corrected chi connectivity index (χ0v) is 7.61. The van der Waals surface area contributed by atoms with Crippen LogP contribution >= 0.6 is 0 Å². The molecule has 0 aliphatic rings. The molecule has 3 nitrogen and oxygen atoms in total. The number of halogens is 1. The lowest BCUT2D eigenvalue weighted by Crippen LogP contribution is -2.26. The van der Waals surface area contributed by atoms with Gasteiger partial charge in [-0.3, -0.25) is 4.79 Å². The largest absolute Gasteiger partial charge is 0.481 e. The van der Waals surface area contributed by atoms with Crippen molar-refractivity contribution in [2.75, 3.05) is 0 Å². The van der Waals surface area contributed by atoms with Crippen molar-refractivity contribution >= 4 is 5.97 Å². The molecule has 0 fully saturated rings. The summed E-state index contributed by atoms with van der Waals surface area (Å²) in [7, 11) is 0. The Morgan fingerprint density at radius 3 is 2.86 bits per heavy atom. The van der Waals surface area contributed by atoms with Crippen molar-refractivity contribution < 1.29 is 14.3 Å². The molecule has 0 aliphatic carbocycles. The molecule has 1 rings (SSSR count). The van der Waals surface area contributed by atoms with Crippen molar-refractivity contribution in [3.8, 4) is 0 Å². The number of hydrogen-bond donors (Lipinski definition) is 2. The topological polar surface area (TPSA) is 63.3 Å². The van der Waals surface area contributed by atoms with Crippen molar-refractivity contribution in [2.24, 2.45) is 5.73 Å². The van der Waals surface area contributed by atoms with Gasteiger partial charge in [0.15, 0.2) is 0 Å². The van der Waals surface area contributed by atoms with Crippen LogP contribution in [0.2, 0.25) is 0 Å². The molecule has 0 spiro atoms. The van der Waals surface area contributed by atoms with E-state index >= 15 is 0 Å². The van der Waals surface area contributed by atoms with E-state index in [2.05, 4.69) is 0 Å². The Kier molecular flexibility index (Phi) is 3.59. The third-order valence-electron chi connectivity index (χ3n) is 1.82. The Morgan fingerprint density at radius 1 is 1.57 bits per heavy atom. The van der Waals surface area contributed by atoms with Gasteiger partial charge in [0.2, 0.25) is 0 Å². The Labute approximate surface area is 81.4 Å². The van der Waals surface area contributed by atoms with Gasteiger partial charge in [0.1, 0.15) is 5.82 Å². The van der Waals surface area contributed by atoms with Crippen molar-refractivity contribution in [1.82, 2.24) is 0 Å². The molecule has 76 valence electrons. The van der Waals surface area contributed by atoms with Gasteiger partial charge in [-0.1, -0.05) is 12.1 Å². The van der Waals surface area contributed by atoms with Gasteiger partial charge in [0, 0.05) is 6.04 Å². The van der Waals surface area contributed by atoms with Crippen LogP contribution in [0.25, 0.3) is 0 Å². The van der Waals surface area contributed by atoms with Gasteiger partial charge in [0.25, 0.3) is 0 Å². The fourth-order valence-electron chi connectivity index (χ4n) is 1.26. The predicted molar refractivity (Wildman–Crippen MR) is 50.3 cm³/mol. The van der Waals surface area contributed by atoms with Gasteiger partial charge in [-0.25, -0.2) is 4.39 Å². The first kappa shape index (κ1) is 10.7. The molecule has 0 aromatic heterocycles. The maximum atomic E-state index is 12.7. The van der Waals surface area contributed by atoms with Gasteiger partial charge >= 0.3 is 5.97 Å². The number of aliphatic carboxylic acids is 1. The Bertz CT molecular complexity index is 328. The zero-order chi connectivity index (χ0) is 10.6. The second-order valence-electron chi connectivity index (χ2n) is 3.19. The molecule has 1 aromatic carbocycles. The van der Waals surface area contributed by atoms with Crippen molar-refractivity contribution in [3.05, 3.63) is 35.6 Å². The minimum Gasteiger partial charge on any atom is -0.481 e. The quantitative estimate of drug-likeness (QED) is 0.761. The van der Waals surface area contributed by atoms with Gasteiger partial charge in [0.05, 0.1) is 6.42 Å². The van der Waals surface area contributed by atoms with Crippen LogP contribution in [-0.4, -0.2) is 17.1 Å². The number of carbonyl (C=O) groups is 1. The van der Waals surface area contributed by atoms with Crippen molar-refractivity contribution in [1.29, 1.82) is 0 Å². The van der Waals surface area contributed by atoms with Crippen LogP contribution in [0.5, 0.6) is 0 Å². The lowest BCUT2D eigenvalue weighted by Gasteiger charge is -2.08. The molecular weight excluding hydrogens is 185 g/mol. The molecule has 0 amide bonds. The van der Waals surface area contributed by atoms with E-state index in [1.54, 1.807) is 12.1 Å². The average Bonchev–Trinajstić information content (AvgIpc) is 2.01. The predicted octanol–water partition coefficient (Wildman–Crippen LogP) is 1.17. The Morgan fingerprint density at radius 2 is 2.29 bits per heavy atom. The maximum Gasteiger partial charge on any atom is 0.304 e. The lowest BCUT2D eigenvalue weighted by molar-refractivity contribution is -0.137. The van der Waals surface area contributed by atoms with E-state index in [1.807, 2.05) is 0 Å². The highest BCUT2D eigenvalue weighted by atomic mass is 19.1. The molecule has 0 saturated carbocycles. The van der Waals surface area contributed by atoms with E-state index in [0.29, 0.717) is 6.42 Å². The molecule has 3 N–H and O–H groups in total. The number of hydrogen-bond acceptors (Lipinski definition) is 2. The summed E-state index contributed by atoms with van der Waals surface area (Å²) in [6.07, 6.45) is 0.278. The molecule has 1 unspecified atom stereocenters. The average molecular weight is 197 g/mol. The first-order valence-electron chi connectivity index (χ1n) is 4.30. The van der Waals surface area contributed by atoms with Crippen molar-refractivity contribution in [2.45, 2.75) is 18.9 Å². The Balaban J connectivity index is 2.55. The van der Waals surface area contributed by atoms with Crippen LogP contribution in [0.4, 0.5) is 4.39 Å². The second kappa shape index (κ2) is 4.72. The molecule has 0 radical (unpaired) electrons. The number of carboxylic acid groups (broad SMARTS) is 1. The smallest absolute Gasteiger partial charge is 0.304 e. The van der Waals surface area contributed by atoms with Gasteiger partial charge < -0.3 is 10.8 Å². The normalized spacial score (nSPS) is 12.4. The Hall–Kier alpha value is -1.42. The van der Waals surface area contributed by atoms with Crippen LogP contribution in [0.15, 0.2) is 24.3 Å². The van der Waals surface area contributed by atoms with Crippen LogP contribution in [0.3, 0.4) is 0 Å². The fraction of sp³-hybridized carbons (Fsp3) is 0.300. The van der Waals surface area contributed by atoms with Crippen LogP contribution in [-0.2, 0) is 11.2 Å². The molecule has 1 atom stereocenters. The summed E-state index contributed by atoms with van der Waals surface area (Å²) < 4.78 is 12.7. The molecule has 4 heteroatoms. The summed E-state index contributed by atoms with van der Waals surface area (Å²) in [5, 5.41) is 8.46. The van der Waals surface area contributed by atoms with Crippen LogP contribution < -0.4 is 5.73 Å². The summed E-state index contributed by atoms with van der Waals surface area (Å²) in [5.74, 6) is -1.26. The molecule has 0 heterocycles. The first-order chi connectivity index (χ1) is 6.58. The molecular formula is C10H12FNO2. The van der Waals surface area contributed by atoms with Gasteiger partial charge in [-0.2, -0.15) is 0 Å². The molecule has 0 aliphatic heterocycles.